The van der Waals surface area contributed by atoms with E-state index < -0.39 is 17.9 Å². The molecule has 1 fully saturated rings. The monoisotopic (exact) mass is 379 g/mol. The first-order valence-corrected chi connectivity index (χ1v) is 8.96. The van der Waals surface area contributed by atoms with Gasteiger partial charge in [0.05, 0.1) is 24.9 Å². The Morgan fingerprint density at radius 3 is 2.68 bits per heavy atom. The quantitative estimate of drug-likeness (QED) is 0.511. The van der Waals surface area contributed by atoms with E-state index in [2.05, 4.69) is 4.74 Å². The number of hydrogen-bond donors (Lipinski definition) is 1. The summed E-state index contributed by atoms with van der Waals surface area (Å²) in [6, 6.07) is 12.3. The van der Waals surface area contributed by atoms with Crippen LogP contribution >= 0.6 is 0 Å². The molecule has 0 aliphatic carbocycles. The highest BCUT2D eigenvalue weighted by Crippen LogP contribution is 2.48. The van der Waals surface area contributed by atoms with Gasteiger partial charge in [-0.2, -0.15) is 0 Å². The van der Waals surface area contributed by atoms with Crippen LogP contribution in [0.4, 0.5) is 0 Å². The number of ether oxygens (including phenoxy) is 1. The SMILES string of the molecule is COC(=O)C(=O)N1C[C@H]2CC1c1c(O)n(-c3cccc4ccccc34)c(=O)n12. The van der Waals surface area contributed by atoms with Crippen molar-refractivity contribution >= 4 is 22.6 Å². The van der Waals surface area contributed by atoms with Crippen molar-refractivity contribution in [2.45, 2.75) is 18.5 Å². The van der Waals surface area contributed by atoms with Gasteiger partial charge in [-0.15, -0.1) is 0 Å². The van der Waals surface area contributed by atoms with Crippen molar-refractivity contribution in [2.75, 3.05) is 13.7 Å². The molecule has 1 aromatic heterocycles. The number of rotatable bonds is 1. The van der Waals surface area contributed by atoms with Crippen molar-refractivity contribution in [1.29, 1.82) is 0 Å². The Morgan fingerprint density at radius 1 is 1.14 bits per heavy atom. The second-order valence-electron chi connectivity index (χ2n) is 7.05. The number of hydrogen-bond acceptors (Lipinski definition) is 5. The Balaban J connectivity index is 1.67. The van der Waals surface area contributed by atoms with Crippen molar-refractivity contribution in [3.05, 3.63) is 58.6 Å². The largest absolute Gasteiger partial charge is 0.493 e. The second kappa shape index (κ2) is 5.72. The third-order valence-electron chi connectivity index (χ3n) is 5.69. The van der Waals surface area contributed by atoms with E-state index in [4.69, 9.17) is 0 Å². The molecule has 0 saturated carbocycles. The Labute approximate surface area is 159 Å². The van der Waals surface area contributed by atoms with E-state index in [1.165, 1.54) is 9.47 Å². The molecule has 2 aromatic carbocycles. The van der Waals surface area contributed by atoms with E-state index in [0.29, 0.717) is 17.8 Å². The van der Waals surface area contributed by atoms with Crippen molar-refractivity contribution in [1.82, 2.24) is 14.0 Å². The molecule has 0 spiro atoms. The molecule has 0 radical (unpaired) electrons. The Bertz CT molecular complexity index is 1200. The summed E-state index contributed by atoms with van der Waals surface area (Å²) in [4.78, 5) is 38.5. The molecule has 142 valence electrons. The smallest absolute Gasteiger partial charge is 0.396 e. The van der Waals surface area contributed by atoms with Crippen molar-refractivity contribution in [2.24, 2.45) is 0 Å². The van der Waals surface area contributed by atoms with Crippen LogP contribution in [0.25, 0.3) is 16.5 Å². The number of esters is 1. The number of carbonyl (C=O) groups excluding carboxylic acids is 2. The molecule has 28 heavy (non-hydrogen) atoms. The first kappa shape index (κ1) is 16.6. The minimum atomic E-state index is -0.950. The number of nitrogens with zero attached hydrogens (tertiary/aromatic N) is 3. The van der Waals surface area contributed by atoms with Crippen molar-refractivity contribution in [3.8, 4) is 11.6 Å². The minimum absolute atomic E-state index is 0.198. The highest BCUT2D eigenvalue weighted by Gasteiger charge is 2.50. The average Bonchev–Trinajstić information content (AvgIpc) is 3.38. The number of carbonyl (C=O) groups is 2. The van der Waals surface area contributed by atoms with Crippen LogP contribution < -0.4 is 5.69 Å². The molecule has 2 atom stereocenters. The second-order valence-corrected chi connectivity index (χ2v) is 7.05. The van der Waals surface area contributed by atoms with Gasteiger partial charge in [0.2, 0.25) is 5.88 Å². The highest BCUT2D eigenvalue weighted by molar-refractivity contribution is 6.32. The van der Waals surface area contributed by atoms with Gasteiger partial charge in [-0.25, -0.2) is 14.2 Å². The summed E-state index contributed by atoms with van der Waals surface area (Å²) in [5.74, 6) is -1.91. The predicted molar refractivity (Wildman–Crippen MR) is 99.3 cm³/mol. The third kappa shape index (κ3) is 2.02. The number of likely N-dealkylation sites (tertiary alicyclic amines) is 1. The minimum Gasteiger partial charge on any atom is -0.493 e. The maximum absolute atomic E-state index is 13.2. The number of benzene rings is 2. The molecule has 1 saturated heterocycles. The maximum Gasteiger partial charge on any atom is 0.396 e. The lowest BCUT2D eigenvalue weighted by Gasteiger charge is -2.26. The maximum atomic E-state index is 13.2. The standard InChI is InChI=1S/C20H17N3O5/c1-28-19(26)18(25)21-10-12-9-15(21)16-17(24)23(20(27)22(12)16)14-8-4-6-11-5-2-3-7-13(11)14/h2-8,12,15,24H,9-10H2,1H3/t12-,15?/m1/s1. The number of amides is 1. The molecular weight excluding hydrogens is 362 g/mol. The third-order valence-corrected chi connectivity index (χ3v) is 5.69. The van der Waals surface area contributed by atoms with Crippen LogP contribution in [0.3, 0.4) is 0 Å². The molecule has 8 nitrogen and oxygen atoms in total. The summed E-state index contributed by atoms with van der Waals surface area (Å²) in [5, 5.41) is 12.7. The number of aromatic hydroxyl groups is 1. The number of imidazole rings is 1. The topological polar surface area (TPSA) is 93.8 Å². The molecule has 1 amide bonds. The molecular formula is C20H17N3O5. The summed E-state index contributed by atoms with van der Waals surface area (Å²) < 4.78 is 7.36. The first-order chi connectivity index (χ1) is 13.5. The summed E-state index contributed by atoms with van der Waals surface area (Å²) in [6.45, 7) is 0.241. The van der Waals surface area contributed by atoms with Gasteiger partial charge < -0.3 is 14.7 Å². The molecule has 2 aliphatic heterocycles. The van der Waals surface area contributed by atoms with Crippen LogP contribution in [-0.4, -0.2) is 44.7 Å². The van der Waals surface area contributed by atoms with E-state index >= 15 is 0 Å². The predicted octanol–water partition coefficient (Wildman–Crippen LogP) is 1.50. The van der Waals surface area contributed by atoms with Crippen molar-refractivity contribution < 1.29 is 19.4 Å². The van der Waals surface area contributed by atoms with Gasteiger partial charge in [0, 0.05) is 11.9 Å². The van der Waals surface area contributed by atoms with Gasteiger partial charge in [0.25, 0.3) is 0 Å². The Morgan fingerprint density at radius 2 is 1.89 bits per heavy atom. The molecule has 8 heteroatoms. The van der Waals surface area contributed by atoms with Gasteiger partial charge >= 0.3 is 17.6 Å². The zero-order valence-corrected chi connectivity index (χ0v) is 15.0. The average molecular weight is 379 g/mol. The summed E-state index contributed by atoms with van der Waals surface area (Å²) >= 11 is 0. The number of methoxy groups -OCH3 is 1. The molecule has 2 bridgehead atoms. The molecule has 5 rings (SSSR count). The van der Waals surface area contributed by atoms with Crippen LogP contribution in [-0.2, 0) is 14.3 Å². The summed E-state index contributed by atoms with van der Waals surface area (Å²) in [5.41, 5.74) is 0.598. The Kier molecular flexibility index (Phi) is 3.39. The summed E-state index contributed by atoms with van der Waals surface area (Å²) in [6.07, 6.45) is 0.497. The molecule has 3 heterocycles. The van der Waals surface area contributed by atoms with Crippen LogP contribution in [0.5, 0.6) is 5.88 Å². The molecule has 3 aromatic rings. The first-order valence-electron chi connectivity index (χ1n) is 8.96. The van der Waals surface area contributed by atoms with Gasteiger partial charge in [-0.3, -0.25) is 9.36 Å². The molecule has 1 unspecified atom stereocenters. The fraction of sp³-hybridized carbons (Fsp3) is 0.250. The van der Waals surface area contributed by atoms with Crippen molar-refractivity contribution in [3.63, 3.8) is 0 Å². The van der Waals surface area contributed by atoms with E-state index in [-0.39, 0.29) is 24.2 Å². The number of fused-ring (bicyclic) bond motifs is 6. The van der Waals surface area contributed by atoms with Crippen LogP contribution in [0.2, 0.25) is 0 Å². The van der Waals surface area contributed by atoms with E-state index in [0.717, 1.165) is 17.9 Å². The lowest BCUT2D eigenvalue weighted by Crippen LogP contribution is -2.41. The Hall–Kier alpha value is -3.55. The van der Waals surface area contributed by atoms with Gasteiger partial charge in [-0.1, -0.05) is 36.4 Å². The summed E-state index contributed by atoms with van der Waals surface area (Å²) in [7, 11) is 1.15. The lowest BCUT2D eigenvalue weighted by atomic mass is 10.1. The van der Waals surface area contributed by atoms with Crippen LogP contribution in [0.1, 0.15) is 24.2 Å². The van der Waals surface area contributed by atoms with Crippen LogP contribution in [0.15, 0.2) is 47.3 Å². The zero-order chi connectivity index (χ0) is 19.6. The fourth-order valence-electron chi connectivity index (χ4n) is 4.50. The molecule has 1 N–H and O–H groups in total. The van der Waals surface area contributed by atoms with Gasteiger partial charge in [0.1, 0.15) is 5.69 Å². The lowest BCUT2D eigenvalue weighted by molar-refractivity contribution is -0.159. The zero-order valence-electron chi connectivity index (χ0n) is 15.0. The fourth-order valence-corrected chi connectivity index (χ4v) is 4.50. The van der Waals surface area contributed by atoms with E-state index in [9.17, 15) is 19.5 Å². The van der Waals surface area contributed by atoms with Gasteiger partial charge in [-0.05, 0) is 17.9 Å². The van der Waals surface area contributed by atoms with Crippen LogP contribution in [0, 0.1) is 0 Å². The molecule has 2 aliphatic rings. The van der Waals surface area contributed by atoms with E-state index in [1.54, 1.807) is 10.6 Å². The highest BCUT2D eigenvalue weighted by atomic mass is 16.5. The van der Waals surface area contributed by atoms with E-state index in [1.807, 2.05) is 36.4 Å². The number of aromatic nitrogens is 2. The van der Waals surface area contributed by atoms with Gasteiger partial charge in [0.15, 0.2) is 0 Å². The normalized spacial score (nSPS) is 19.8.